The van der Waals surface area contributed by atoms with Gasteiger partial charge < -0.3 is 4.74 Å². The molecule has 2 nitrogen and oxygen atoms in total. The van der Waals surface area contributed by atoms with Crippen LogP contribution in [0.1, 0.15) is 27.0 Å². The Hall–Kier alpha value is -1.68. The fraction of sp³-hybridized carbons (Fsp3) is 0.188. The molecule has 0 aliphatic heterocycles. The molecule has 0 aliphatic rings. The van der Waals surface area contributed by atoms with Gasteiger partial charge in [0.05, 0.1) is 12.7 Å². The van der Waals surface area contributed by atoms with Gasteiger partial charge in [-0.25, -0.2) is 4.39 Å². The van der Waals surface area contributed by atoms with Crippen molar-refractivity contribution in [1.82, 2.24) is 0 Å². The van der Waals surface area contributed by atoms with Crippen molar-refractivity contribution < 1.29 is 13.9 Å². The van der Waals surface area contributed by atoms with Crippen LogP contribution in [0.2, 0.25) is 0 Å². The number of aryl methyl sites for hydroxylation is 2. The van der Waals surface area contributed by atoms with Crippen LogP contribution in [0.25, 0.3) is 0 Å². The first-order chi connectivity index (χ1) is 9.43. The molecule has 0 saturated carbocycles. The maximum absolute atomic E-state index is 13.6. The highest BCUT2D eigenvalue weighted by atomic mass is 79.9. The summed E-state index contributed by atoms with van der Waals surface area (Å²) in [5.41, 5.74) is 2.20. The van der Waals surface area contributed by atoms with Crippen LogP contribution in [-0.4, -0.2) is 12.9 Å². The largest absolute Gasteiger partial charge is 0.496 e. The summed E-state index contributed by atoms with van der Waals surface area (Å²) in [5.74, 6) is -0.167. The van der Waals surface area contributed by atoms with E-state index >= 15 is 0 Å². The van der Waals surface area contributed by atoms with Gasteiger partial charge in [-0.3, -0.25) is 4.79 Å². The van der Waals surface area contributed by atoms with Crippen LogP contribution in [-0.2, 0) is 0 Å². The summed E-state index contributed by atoms with van der Waals surface area (Å²) in [7, 11) is 1.51. The second-order valence-electron chi connectivity index (χ2n) is 4.59. The van der Waals surface area contributed by atoms with E-state index in [4.69, 9.17) is 4.74 Å². The average molecular weight is 337 g/mol. The van der Waals surface area contributed by atoms with Gasteiger partial charge in [0.1, 0.15) is 11.6 Å². The Balaban J connectivity index is 2.52. The zero-order valence-corrected chi connectivity index (χ0v) is 13.0. The van der Waals surface area contributed by atoms with Crippen LogP contribution in [0, 0.1) is 19.7 Å². The number of hydrogen-bond acceptors (Lipinski definition) is 2. The summed E-state index contributed by atoms with van der Waals surface area (Å²) in [6.07, 6.45) is 0. The molecule has 0 aromatic heterocycles. The molecule has 0 amide bonds. The van der Waals surface area contributed by atoms with Crippen molar-refractivity contribution in [2.75, 3.05) is 7.11 Å². The molecule has 0 saturated heterocycles. The molecule has 0 radical (unpaired) electrons. The molecule has 0 unspecified atom stereocenters. The molecule has 2 aromatic rings. The molecule has 0 bridgehead atoms. The number of halogens is 2. The number of rotatable bonds is 3. The SMILES string of the molecule is COc1cc(C)c(Br)cc1C(=O)c1ccc(C)c(F)c1. The number of benzene rings is 2. The van der Waals surface area contributed by atoms with Crippen molar-refractivity contribution in [3.8, 4) is 5.75 Å². The van der Waals surface area contributed by atoms with E-state index in [-0.39, 0.29) is 11.6 Å². The van der Waals surface area contributed by atoms with Crippen molar-refractivity contribution in [1.29, 1.82) is 0 Å². The minimum atomic E-state index is -0.388. The van der Waals surface area contributed by atoms with Gasteiger partial charge in [0.25, 0.3) is 0 Å². The van der Waals surface area contributed by atoms with Gasteiger partial charge in [-0.05, 0) is 43.2 Å². The molecule has 20 heavy (non-hydrogen) atoms. The summed E-state index contributed by atoms with van der Waals surface area (Å²) in [5, 5.41) is 0. The number of ketones is 1. The number of ether oxygens (including phenoxy) is 1. The van der Waals surface area contributed by atoms with E-state index < -0.39 is 0 Å². The molecule has 2 rings (SSSR count). The minimum absolute atomic E-state index is 0.263. The van der Waals surface area contributed by atoms with Crippen molar-refractivity contribution in [3.63, 3.8) is 0 Å². The van der Waals surface area contributed by atoms with Crippen LogP contribution < -0.4 is 4.74 Å². The lowest BCUT2D eigenvalue weighted by atomic mass is 10.00. The van der Waals surface area contributed by atoms with Gasteiger partial charge in [-0.1, -0.05) is 28.1 Å². The Morgan fingerprint density at radius 3 is 2.45 bits per heavy atom. The Morgan fingerprint density at radius 1 is 1.15 bits per heavy atom. The minimum Gasteiger partial charge on any atom is -0.496 e. The first-order valence-electron chi connectivity index (χ1n) is 6.09. The average Bonchev–Trinajstić information content (AvgIpc) is 2.43. The van der Waals surface area contributed by atoms with E-state index in [0.29, 0.717) is 22.4 Å². The van der Waals surface area contributed by atoms with E-state index in [1.807, 2.05) is 6.92 Å². The summed E-state index contributed by atoms with van der Waals surface area (Å²) in [6.45, 7) is 3.57. The van der Waals surface area contributed by atoms with Gasteiger partial charge in [0.2, 0.25) is 0 Å². The topological polar surface area (TPSA) is 26.3 Å². The molecule has 0 heterocycles. The van der Waals surface area contributed by atoms with Gasteiger partial charge >= 0.3 is 0 Å². The molecule has 0 N–H and O–H groups in total. The Kier molecular flexibility index (Phi) is 4.23. The third-order valence-electron chi connectivity index (χ3n) is 3.16. The van der Waals surface area contributed by atoms with E-state index in [1.54, 1.807) is 31.2 Å². The third kappa shape index (κ3) is 2.75. The van der Waals surface area contributed by atoms with E-state index in [0.717, 1.165) is 10.0 Å². The molecule has 0 fully saturated rings. The number of methoxy groups -OCH3 is 1. The lowest BCUT2D eigenvalue weighted by Gasteiger charge is -2.10. The molecule has 0 aliphatic carbocycles. The van der Waals surface area contributed by atoms with Crippen LogP contribution in [0.4, 0.5) is 4.39 Å². The molecule has 0 spiro atoms. The lowest BCUT2D eigenvalue weighted by Crippen LogP contribution is -2.05. The highest BCUT2D eigenvalue weighted by Crippen LogP contribution is 2.29. The van der Waals surface area contributed by atoms with Gasteiger partial charge in [-0.15, -0.1) is 0 Å². The first kappa shape index (κ1) is 14.7. The predicted molar refractivity (Wildman–Crippen MR) is 80.0 cm³/mol. The summed E-state index contributed by atoms with van der Waals surface area (Å²) < 4.78 is 19.6. The summed E-state index contributed by atoms with van der Waals surface area (Å²) in [4.78, 5) is 12.5. The monoisotopic (exact) mass is 336 g/mol. The second kappa shape index (κ2) is 5.75. The quantitative estimate of drug-likeness (QED) is 0.774. The van der Waals surface area contributed by atoms with E-state index in [2.05, 4.69) is 15.9 Å². The molecular formula is C16H14BrFO2. The van der Waals surface area contributed by atoms with Crippen molar-refractivity contribution in [3.05, 3.63) is 62.9 Å². The van der Waals surface area contributed by atoms with Crippen molar-refractivity contribution >= 4 is 21.7 Å². The standard InChI is InChI=1S/C16H14BrFO2/c1-9-4-5-11(7-14(9)18)16(19)12-8-13(17)10(2)6-15(12)20-3/h4-8H,1-3H3. The fourth-order valence-corrected chi connectivity index (χ4v) is 2.23. The van der Waals surface area contributed by atoms with Crippen molar-refractivity contribution in [2.24, 2.45) is 0 Å². The first-order valence-corrected chi connectivity index (χ1v) is 6.88. The summed E-state index contributed by atoms with van der Waals surface area (Å²) in [6, 6.07) is 7.95. The van der Waals surface area contributed by atoms with Gasteiger partial charge in [-0.2, -0.15) is 0 Å². The van der Waals surface area contributed by atoms with E-state index in [9.17, 15) is 9.18 Å². The highest BCUT2D eigenvalue weighted by molar-refractivity contribution is 9.10. The highest BCUT2D eigenvalue weighted by Gasteiger charge is 2.17. The number of carbonyl (C=O) groups excluding carboxylic acids is 1. The molecule has 104 valence electrons. The van der Waals surface area contributed by atoms with Gasteiger partial charge in [0.15, 0.2) is 5.78 Å². The van der Waals surface area contributed by atoms with Crippen LogP contribution in [0.3, 0.4) is 0 Å². The molecule has 2 aromatic carbocycles. The molecule has 4 heteroatoms. The van der Waals surface area contributed by atoms with Crippen molar-refractivity contribution in [2.45, 2.75) is 13.8 Å². The third-order valence-corrected chi connectivity index (χ3v) is 4.01. The molecular weight excluding hydrogens is 323 g/mol. The number of carbonyl (C=O) groups is 1. The predicted octanol–water partition coefficient (Wildman–Crippen LogP) is 4.44. The maximum atomic E-state index is 13.6. The van der Waals surface area contributed by atoms with Crippen LogP contribution >= 0.6 is 15.9 Å². The second-order valence-corrected chi connectivity index (χ2v) is 5.45. The maximum Gasteiger partial charge on any atom is 0.196 e. The smallest absolute Gasteiger partial charge is 0.196 e. The lowest BCUT2D eigenvalue weighted by molar-refractivity contribution is 0.103. The zero-order chi connectivity index (χ0) is 14.9. The Labute approximate surface area is 125 Å². The van der Waals surface area contributed by atoms with Crippen LogP contribution in [0.5, 0.6) is 5.75 Å². The molecule has 0 atom stereocenters. The van der Waals surface area contributed by atoms with E-state index in [1.165, 1.54) is 13.2 Å². The zero-order valence-electron chi connectivity index (χ0n) is 11.5. The number of hydrogen-bond donors (Lipinski definition) is 0. The Bertz CT molecular complexity index is 680. The fourth-order valence-electron chi connectivity index (χ4n) is 1.89. The van der Waals surface area contributed by atoms with Gasteiger partial charge in [0, 0.05) is 10.0 Å². The Morgan fingerprint density at radius 2 is 1.85 bits per heavy atom. The normalized spacial score (nSPS) is 10.4. The van der Waals surface area contributed by atoms with Crippen LogP contribution in [0.15, 0.2) is 34.8 Å². The summed E-state index contributed by atoms with van der Waals surface area (Å²) >= 11 is 3.39.